The van der Waals surface area contributed by atoms with Crippen molar-refractivity contribution < 1.29 is 13.6 Å². The fraction of sp³-hybridized carbons (Fsp3) is 0.211. The molecule has 5 nitrogen and oxygen atoms in total. The molecule has 0 saturated carbocycles. The number of nitrogens with one attached hydrogen (secondary N) is 1. The van der Waals surface area contributed by atoms with Crippen LogP contribution in [0.4, 0.5) is 4.39 Å². The van der Waals surface area contributed by atoms with E-state index in [0.717, 1.165) is 11.1 Å². The third-order valence-corrected chi connectivity index (χ3v) is 3.83. The first kappa shape index (κ1) is 16.8. The third kappa shape index (κ3) is 4.50. The molecular weight excluding hydrogens is 321 g/mol. The number of carbonyl (C=O) groups is 1. The SMILES string of the molecule is CC(NC(=O)CCc1ncc(-c2ccc(F)cc2)o1)c1ccncc1. The number of hydrogen-bond acceptors (Lipinski definition) is 4. The lowest BCUT2D eigenvalue weighted by atomic mass is 10.1. The molecule has 2 heterocycles. The zero-order valence-electron chi connectivity index (χ0n) is 13.8. The maximum atomic E-state index is 12.9. The van der Waals surface area contributed by atoms with Gasteiger partial charge in [-0.2, -0.15) is 0 Å². The van der Waals surface area contributed by atoms with Crippen LogP contribution in [0.3, 0.4) is 0 Å². The third-order valence-electron chi connectivity index (χ3n) is 3.83. The van der Waals surface area contributed by atoms with Crippen LogP contribution in [-0.2, 0) is 11.2 Å². The van der Waals surface area contributed by atoms with Gasteiger partial charge in [0, 0.05) is 30.8 Å². The summed E-state index contributed by atoms with van der Waals surface area (Å²) >= 11 is 0. The van der Waals surface area contributed by atoms with Gasteiger partial charge < -0.3 is 9.73 Å². The maximum Gasteiger partial charge on any atom is 0.220 e. The number of benzene rings is 1. The summed E-state index contributed by atoms with van der Waals surface area (Å²) in [7, 11) is 0. The standard InChI is InChI=1S/C19H18FN3O2/c1-13(14-8-10-21-11-9-14)23-18(24)6-7-19-22-12-17(25-19)15-2-4-16(20)5-3-15/h2-5,8-13H,6-7H2,1H3,(H,23,24). The molecule has 6 heteroatoms. The van der Waals surface area contributed by atoms with Gasteiger partial charge in [-0.15, -0.1) is 0 Å². The molecule has 25 heavy (non-hydrogen) atoms. The van der Waals surface area contributed by atoms with Crippen molar-refractivity contribution in [1.29, 1.82) is 0 Å². The number of rotatable bonds is 6. The zero-order valence-corrected chi connectivity index (χ0v) is 13.8. The number of amides is 1. The molecule has 128 valence electrons. The summed E-state index contributed by atoms with van der Waals surface area (Å²) in [4.78, 5) is 20.2. The highest BCUT2D eigenvalue weighted by molar-refractivity contribution is 5.76. The van der Waals surface area contributed by atoms with E-state index in [-0.39, 0.29) is 24.2 Å². The quantitative estimate of drug-likeness (QED) is 0.744. The summed E-state index contributed by atoms with van der Waals surface area (Å²) in [6.07, 6.45) is 5.65. The van der Waals surface area contributed by atoms with Gasteiger partial charge in [0.2, 0.25) is 5.91 Å². The Morgan fingerprint density at radius 3 is 2.64 bits per heavy atom. The lowest BCUT2D eigenvalue weighted by Crippen LogP contribution is -2.26. The Bertz CT molecular complexity index is 831. The molecule has 0 aliphatic heterocycles. The Balaban J connectivity index is 1.53. The Labute approximate surface area is 144 Å². The second kappa shape index (κ2) is 7.70. The normalized spacial score (nSPS) is 11.9. The Morgan fingerprint density at radius 2 is 1.92 bits per heavy atom. The van der Waals surface area contributed by atoms with Crippen molar-refractivity contribution in [3.05, 3.63) is 72.3 Å². The van der Waals surface area contributed by atoms with Crippen molar-refractivity contribution >= 4 is 5.91 Å². The number of carbonyl (C=O) groups excluding carboxylic acids is 1. The summed E-state index contributed by atoms with van der Waals surface area (Å²) in [5.41, 5.74) is 1.74. The topological polar surface area (TPSA) is 68.0 Å². The fourth-order valence-electron chi connectivity index (χ4n) is 2.44. The minimum absolute atomic E-state index is 0.0779. The van der Waals surface area contributed by atoms with E-state index in [1.807, 2.05) is 19.1 Å². The van der Waals surface area contributed by atoms with E-state index < -0.39 is 0 Å². The number of aryl methyl sites for hydroxylation is 1. The van der Waals surface area contributed by atoms with Crippen molar-refractivity contribution in [1.82, 2.24) is 15.3 Å². The average molecular weight is 339 g/mol. The molecule has 0 bridgehead atoms. The van der Waals surface area contributed by atoms with Gasteiger partial charge in [-0.05, 0) is 48.9 Å². The first-order valence-corrected chi connectivity index (χ1v) is 8.02. The lowest BCUT2D eigenvalue weighted by Gasteiger charge is -2.13. The monoisotopic (exact) mass is 339 g/mol. The molecule has 1 aromatic carbocycles. The lowest BCUT2D eigenvalue weighted by molar-refractivity contribution is -0.121. The van der Waals surface area contributed by atoms with Crippen LogP contribution in [0.25, 0.3) is 11.3 Å². The summed E-state index contributed by atoms with van der Waals surface area (Å²) in [6, 6.07) is 9.64. The minimum Gasteiger partial charge on any atom is -0.441 e. The van der Waals surface area contributed by atoms with E-state index in [4.69, 9.17) is 4.42 Å². The predicted molar refractivity (Wildman–Crippen MR) is 91.0 cm³/mol. The Kier molecular flexibility index (Phi) is 5.18. The van der Waals surface area contributed by atoms with Crippen LogP contribution in [-0.4, -0.2) is 15.9 Å². The van der Waals surface area contributed by atoms with Crippen molar-refractivity contribution in [2.24, 2.45) is 0 Å². The van der Waals surface area contributed by atoms with E-state index in [9.17, 15) is 9.18 Å². The average Bonchev–Trinajstić information content (AvgIpc) is 3.10. The molecule has 0 fully saturated rings. The molecule has 1 atom stereocenters. The largest absolute Gasteiger partial charge is 0.441 e. The molecule has 3 aromatic rings. The first-order valence-electron chi connectivity index (χ1n) is 8.02. The summed E-state index contributed by atoms with van der Waals surface area (Å²) in [5.74, 6) is 0.654. The number of nitrogens with zero attached hydrogens (tertiary/aromatic N) is 2. The van der Waals surface area contributed by atoms with Gasteiger partial charge in [-0.1, -0.05) is 0 Å². The molecule has 0 spiro atoms. The first-order chi connectivity index (χ1) is 12.1. The van der Waals surface area contributed by atoms with Gasteiger partial charge in [-0.25, -0.2) is 9.37 Å². The van der Waals surface area contributed by atoms with Crippen molar-refractivity contribution in [2.75, 3.05) is 0 Å². The minimum atomic E-state index is -0.302. The molecular formula is C19H18FN3O2. The van der Waals surface area contributed by atoms with Gasteiger partial charge in [0.25, 0.3) is 0 Å². The Hall–Kier alpha value is -3.02. The number of hydrogen-bond donors (Lipinski definition) is 1. The fourth-order valence-corrected chi connectivity index (χ4v) is 2.44. The highest BCUT2D eigenvalue weighted by atomic mass is 19.1. The van der Waals surface area contributed by atoms with E-state index in [1.54, 1.807) is 30.7 Å². The second-order valence-corrected chi connectivity index (χ2v) is 5.69. The maximum absolute atomic E-state index is 12.9. The van der Waals surface area contributed by atoms with Crippen LogP contribution in [0, 0.1) is 5.82 Å². The number of aromatic nitrogens is 2. The number of oxazole rings is 1. The molecule has 1 amide bonds. The second-order valence-electron chi connectivity index (χ2n) is 5.69. The zero-order chi connectivity index (χ0) is 17.6. The van der Waals surface area contributed by atoms with Crippen molar-refractivity contribution in [2.45, 2.75) is 25.8 Å². The van der Waals surface area contributed by atoms with Gasteiger partial charge in [0.05, 0.1) is 12.2 Å². The smallest absolute Gasteiger partial charge is 0.220 e. The van der Waals surface area contributed by atoms with E-state index in [0.29, 0.717) is 18.1 Å². The van der Waals surface area contributed by atoms with Crippen LogP contribution in [0.2, 0.25) is 0 Å². The molecule has 0 aliphatic carbocycles. The molecule has 0 saturated heterocycles. The highest BCUT2D eigenvalue weighted by Crippen LogP contribution is 2.21. The van der Waals surface area contributed by atoms with Crippen molar-refractivity contribution in [3.63, 3.8) is 0 Å². The van der Waals surface area contributed by atoms with E-state index in [2.05, 4.69) is 15.3 Å². The molecule has 0 aliphatic rings. The highest BCUT2D eigenvalue weighted by Gasteiger charge is 2.12. The predicted octanol–water partition coefficient (Wildman–Crippen LogP) is 3.69. The van der Waals surface area contributed by atoms with Crippen LogP contribution < -0.4 is 5.32 Å². The summed E-state index contributed by atoms with van der Waals surface area (Å²) < 4.78 is 18.6. The summed E-state index contributed by atoms with van der Waals surface area (Å²) in [5, 5.41) is 2.93. The van der Waals surface area contributed by atoms with Gasteiger partial charge in [0.1, 0.15) is 5.82 Å². The Morgan fingerprint density at radius 1 is 1.20 bits per heavy atom. The van der Waals surface area contributed by atoms with Gasteiger partial charge >= 0.3 is 0 Å². The van der Waals surface area contributed by atoms with E-state index in [1.165, 1.54) is 12.1 Å². The van der Waals surface area contributed by atoms with Crippen molar-refractivity contribution in [3.8, 4) is 11.3 Å². The molecule has 1 N–H and O–H groups in total. The van der Waals surface area contributed by atoms with E-state index >= 15 is 0 Å². The van der Waals surface area contributed by atoms with Crippen LogP contribution in [0.1, 0.15) is 30.8 Å². The van der Waals surface area contributed by atoms with Crippen LogP contribution in [0.15, 0.2) is 59.4 Å². The van der Waals surface area contributed by atoms with Gasteiger partial charge in [0.15, 0.2) is 11.7 Å². The van der Waals surface area contributed by atoms with Crippen LogP contribution in [0.5, 0.6) is 0 Å². The molecule has 1 unspecified atom stereocenters. The van der Waals surface area contributed by atoms with Gasteiger partial charge in [-0.3, -0.25) is 9.78 Å². The number of pyridine rings is 1. The summed E-state index contributed by atoms with van der Waals surface area (Å²) in [6.45, 7) is 1.92. The number of halogens is 1. The molecule has 0 radical (unpaired) electrons. The molecule has 2 aromatic heterocycles. The molecule has 3 rings (SSSR count). The van der Waals surface area contributed by atoms with Crippen LogP contribution >= 0.6 is 0 Å².